The number of likely N-dealkylation sites (tertiary alicyclic amines) is 1. The number of piperidine rings is 1. The summed E-state index contributed by atoms with van der Waals surface area (Å²) in [6.45, 7) is 3.68. The predicted molar refractivity (Wildman–Crippen MR) is 87.8 cm³/mol. The summed E-state index contributed by atoms with van der Waals surface area (Å²) in [5.74, 6) is 1.49. The minimum Gasteiger partial charge on any atom is -0.349 e. The Kier molecular flexibility index (Phi) is 4.94. The number of carbonyl (C=O) groups is 2. The third kappa shape index (κ3) is 4.30. The number of nitrogens with one attached hydrogen (secondary N) is 1. The van der Waals surface area contributed by atoms with Crippen molar-refractivity contribution in [2.45, 2.75) is 45.1 Å². The Labute approximate surface area is 137 Å². The lowest BCUT2D eigenvalue weighted by Gasteiger charge is -2.33. The quantitative estimate of drug-likeness (QED) is 0.906. The van der Waals surface area contributed by atoms with Crippen molar-refractivity contribution in [1.82, 2.24) is 15.2 Å². The summed E-state index contributed by atoms with van der Waals surface area (Å²) < 4.78 is 0. The van der Waals surface area contributed by atoms with Gasteiger partial charge in [0.15, 0.2) is 0 Å². The second-order valence-electron chi connectivity index (χ2n) is 6.89. The smallest absolute Gasteiger partial charge is 0.253 e. The number of carbonyl (C=O) groups excluding carboxylic acids is 2. The summed E-state index contributed by atoms with van der Waals surface area (Å²) in [5.41, 5.74) is 0.587. The van der Waals surface area contributed by atoms with E-state index >= 15 is 0 Å². The predicted octanol–water partition coefficient (Wildman–Crippen LogP) is 2.24. The van der Waals surface area contributed by atoms with Crippen molar-refractivity contribution in [3.63, 3.8) is 0 Å². The van der Waals surface area contributed by atoms with Gasteiger partial charge in [0.2, 0.25) is 5.91 Å². The van der Waals surface area contributed by atoms with Crippen LogP contribution < -0.4 is 5.32 Å². The zero-order chi connectivity index (χ0) is 16.2. The van der Waals surface area contributed by atoms with Crippen LogP contribution in [-0.4, -0.2) is 40.8 Å². The SMILES string of the molecule is CC(CC(=O)N1CCC(NC(=O)c2cccnc2)CC1)C1CC1. The van der Waals surface area contributed by atoms with Gasteiger partial charge in [-0.05, 0) is 49.7 Å². The first-order valence-electron chi connectivity index (χ1n) is 8.62. The van der Waals surface area contributed by atoms with E-state index in [1.54, 1.807) is 24.5 Å². The first kappa shape index (κ1) is 16.0. The first-order chi connectivity index (χ1) is 11.1. The Morgan fingerprint density at radius 2 is 2.04 bits per heavy atom. The maximum Gasteiger partial charge on any atom is 0.253 e. The summed E-state index contributed by atoms with van der Waals surface area (Å²) in [7, 11) is 0. The van der Waals surface area contributed by atoms with Gasteiger partial charge in [0.1, 0.15) is 0 Å². The maximum absolute atomic E-state index is 12.3. The Morgan fingerprint density at radius 3 is 2.65 bits per heavy atom. The average molecular weight is 315 g/mol. The molecule has 1 N–H and O–H groups in total. The van der Waals surface area contributed by atoms with Gasteiger partial charge in [0, 0.05) is 37.9 Å². The molecule has 1 aliphatic carbocycles. The summed E-state index contributed by atoms with van der Waals surface area (Å²) >= 11 is 0. The molecular weight excluding hydrogens is 290 g/mol. The van der Waals surface area contributed by atoms with Gasteiger partial charge in [-0.25, -0.2) is 0 Å². The molecule has 1 aromatic rings. The van der Waals surface area contributed by atoms with E-state index in [1.165, 1.54) is 12.8 Å². The normalized spacial score (nSPS) is 20.1. The van der Waals surface area contributed by atoms with Crippen LogP contribution in [0, 0.1) is 11.8 Å². The van der Waals surface area contributed by atoms with Crippen LogP contribution >= 0.6 is 0 Å². The van der Waals surface area contributed by atoms with Crippen molar-refractivity contribution in [2.24, 2.45) is 11.8 Å². The van der Waals surface area contributed by atoms with Gasteiger partial charge in [-0.15, -0.1) is 0 Å². The monoisotopic (exact) mass is 315 g/mol. The topological polar surface area (TPSA) is 62.3 Å². The van der Waals surface area contributed by atoms with E-state index in [9.17, 15) is 9.59 Å². The summed E-state index contributed by atoms with van der Waals surface area (Å²) in [4.78, 5) is 30.4. The minimum absolute atomic E-state index is 0.0785. The Bertz CT molecular complexity index is 549. The molecule has 5 heteroatoms. The molecule has 2 aliphatic rings. The van der Waals surface area contributed by atoms with Crippen molar-refractivity contribution < 1.29 is 9.59 Å². The highest BCUT2D eigenvalue weighted by Gasteiger charge is 2.31. The highest BCUT2D eigenvalue weighted by molar-refractivity contribution is 5.94. The van der Waals surface area contributed by atoms with E-state index in [1.807, 2.05) is 4.90 Å². The van der Waals surface area contributed by atoms with Gasteiger partial charge >= 0.3 is 0 Å². The molecule has 23 heavy (non-hydrogen) atoms. The molecule has 1 unspecified atom stereocenters. The largest absolute Gasteiger partial charge is 0.349 e. The molecule has 0 aromatic carbocycles. The Hall–Kier alpha value is -1.91. The minimum atomic E-state index is -0.0785. The van der Waals surface area contributed by atoms with Crippen molar-refractivity contribution in [1.29, 1.82) is 0 Å². The summed E-state index contributed by atoms with van der Waals surface area (Å²) in [6, 6.07) is 3.67. The van der Waals surface area contributed by atoms with E-state index in [2.05, 4.69) is 17.2 Å². The lowest BCUT2D eigenvalue weighted by Crippen LogP contribution is -2.46. The van der Waals surface area contributed by atoms with Crippen LogP contribution in [0.2, 0.25) is 0 Å². The van der Waals surface area contributed by atoms with Crippen LogP contribution in [-0.2, 0) is 4.79 Å². The van der Waals surface area contributed by atoms with Crippen LogP contribution in [0.25, 0.3) is 0 Å². The van der Waals surface area contributed by atoms with Crippen molar-refractivity contribution in [3.8, 4) is 0 Å². The summed E-state index contributed by atoms with van der Waals surface area (Å²) in [6.07, 6.45) is 8.15. The van der Waals surface area contributed by atoms with E-state index in [0.29, 0.717) is 17.9 Å². The molecule has 2 heterocycles. The van der Waals surface area contributed by atoms with Crippen molar-refractivity contribution in [2.75, 3.05) is 13.1 Å². The number of hydrogen-bond acceptors (Lipinski definition) is 3. The molecule has 3 rings (SSSR count). The van der Waals surface area contributed by atoms with E-state index < -0.39 is 0 Å². The molecule has 1 aliphatic heterocycles. The van der Waals surface area contributed by atoms with Gasteiger partial charge in [-0.3, -0.25) is 14.6 Å². The number of amides is 2. The lowest BCUT2D eigenvalue weighted by molar-refractivity contribution is -0.133. The molecule has 1 aromatic heterocycles. The molecule has 5 nitrogen and oxygen atoms in total. The summed E-state index contributed by atoms with van der Waals surface area (Å²) in [5, 5.41) is 3.05. The van der Waals surface area contributed by atoms with E-state index in [4.69, 9.17) is 0 Å². The third-order valence-electron chi connectivity index (χ3n) is 5.03. The first-order valence-corrected chi connectivity index (χ1v) is 8.62. The van der Waals surface area contributed by atoms with E-state index in [-0.39, 0.29) is 17.9 Å². The number of pyridine rings is 1. The fourth-order valence-electron chi connectivity index (χ4n) is 3.28. The zero-order valence-electron chi connectivity index (χ0n) is 13.7. The second kappa shape index (κ2) is 7.11. The fourth-order valence-corrected chi connectivity index (χ4v) is 3.28. The van der Waals surface area contributed by atoms with Crippen LogP contribution in [0.15, 0.2) is 24.5 Å². The molecule has 0 radical (unpaired) electrons. The molecule has 124 valence electrons. The van der Waals surface area contributed by atoms with Crippen LogP contribution in [0.5, 0.6) is 0 Å². The third-order valence-corrected chi connectivity index (χ3v) is 5.03. The molecule has 1 saturated heterocycles. The van der Waals surface area contributed by atoms with E-state index in [0.717, 1.165) is 31.8 Å². The van der Waals surface area contributed by atoms with Crippen LogP contribution in [0.1, 0.15) is 49.4 Å². The molecule has 0 spiro atoms. The van der Waals surface area contributed by atoms with Gasteiger partial charge in [0.25, 0.3) is 5.91 Å². The molecule has 2 amide bonds. The highest BCUT2D eigenvalue weighted by Crippen LogP contribution is 2.38. The average Bonchev–Trinajstić information content (AvgIpc) is 3.41. The number of rotatable bonds is 5. The molecule has 0 bridgehead atoms. The standard InChI is InChI=1S/C18H25N3O2/c1-13(14-4-5-14)11-17(22)21-9-6-16(7-10-21)20-18(23)15-3-2-8-19-12-15/h2-3,8,12-14,16H,4-7,9-11H2,1H3,(H,20,23). The lowest BCUT2D eigenvalue weighted by atomic mass is 9.99. The van der Waals surface area contributed by atoms with Crippen LogP contribution in [0.3, 0.4) is 0 Å². The molecule has 1 saturated carbocycles. The molecule has 1 atom stereocenters. The number of hydrogen-bond donors (Lipinski definition) is 1. The fraction of sp³-hybridized carbons (Fsp3) is 0.611. The van der Waals surface area contributed by atoms with Gasteiger partial charge in [0.05, 0.1) is 5.56 Å². The van der Waals surface area contributed by atoms with Crippen molar-refractivity contribution >= 4 is 11.8 Å². The van der Waals surface area contributed by atoms with Crippen LogP contribution in [0.4, 0.5) is 0 Å². The molecule has 2 fully saturated rings. The number of nitrogens with zero attached hydrogens (tertiary/aromatic N) is 2. The zero-order valence-corrected chi connectivity index (χ0v) is 13.7. The van der Waals surface area contributed by atoms with Gasteiger partial charge in [-0.1, -0.05) is 6.92 Å². The second-order valence-corrected chi connectivity index (χ2v) is 6.89. The van der Waals surface area contributed by atoms with Gasteiger partial charge < -0.3 is 10.2 Å². The number of aromatic nitrogens is 1. The highest BCUT2D eigenvalue weighted by atomic mass is 16.2. The van der Waals surface area contributed by atoms with Gasteiger partial charge in [-0.2, -0.15) is 0 Å². The van der Waals surface area contributed by atoms with Crippen molar-refractivity contribution in [3.05, 3.63) is 30.1 Å². The molecular formula is C18H25N3O2. The Morgan fingerprint density at radius 1 is 1.30 bits per heavy atom. The Balaban J connectivity index is 1.43. The maximum atomic E-state index is 12.3.